The second kappa shape index (κ2) is 3.90. The quantitative estimate of drug-likeness (QED) is 0.596. The topological polar surface area (TPSA) is 20.2 Å². The van der Waals surface area contributed by atoms with E-state index in [4.69, 9.17) is 5.11 Å². The molecule has 8 heavy (non-hydrogen) atoms. The number of aliphatic hydroxyl groups excluding tert-OH is 1. The van der Waals surface area contributed by atoms with Crippen LogP contribution in [0.4, 0.5) is 0 Å². The van der Waals surface area contributed by atoms with E-state index in [0.29, 0.717) is 5.92 Å². The van der Waals surface area contributed by atoms with Gasteiger partial charge in [-0.2, -0.15) is 0 Å². The summed E-state index contributed by atoms with van der Waals surface area (Å²) in [6.45, 7) is 6.19. The van der Waals surface area contributed by atoms with Crippen LogP contribution in [0, 0.1) is 5.92 Å². The van der Waals surface area contributed by atoms with Gasteiger partial charge in [0.25, 0.3) is 0 Å². The molecule has 0 saturated carbocycles. The van der Waals surface area contributed by atoms with E-state index in [-0.39, 0.29) is 6.10 Å². The highest BCUT2D eigenvalue weighted by atomic mass is 16.3. The first-order valence-electron chi connectivity index (χ1n) is 3.40. The summed E-state index contributed by atoms with van der Waals surface area (Å²) in [6.07, 6.45) is 1.88. The third-order valence-corrected chi connectivity index (χ3v) is 1.72. The van der Waals surface area contributed by atoms with Gasteiger partial charge < -0.3 is 5.11 Å². The van der Waals surface area contributed by atoms with Crippen LogP contribution in [0.2, 0.25) is 0 Å². The van der Waals surface area contributed by atoms with Gasteiger partial charge in [-0.3, -0.25) is 0 Å². The molecule has 0 radical (unpaired) electrons. The number of rotatable bonds is 3. The second-order valence-electron chi connectivity index (χ2n) is 2.36. The second-order valence-corrected chi connectivity index (χ2v) is 2.36. The zero-order valence-electron chi connectivity index (χ0n) is 6.02. The van der Waals surface area contributed by atoms with E-state index >= 15 is 0 Å². The molecule has 0 aromatic heterocycles. The summed E-state index contributed by atoms with van der Waals surface area (Å²) in [4.78, 5) is 0. The lowest BCUT2D eigenvalue weighted by Crippen LogP contribution is -2.14. The standard InChI is InChI=1S/C7H16O/c1-4-6(3)7(8)5-2/h6-8H,4-5H2,1-3H3/t6-,7+/m0/s1. The Labute approximate surface area is 51.7 Å². The molecule has 0 unspecified atom stereocenters. The van der Waals surface area contributed by atoms with Gasteiger partial charge in [-0.1, -0.05) is 27.2 Å². The van der Waals surface area contributed by atoms with E-state index in [2.05, 4.69) is 13.8 Å². The molecule has 1 N–H and O–H groups in total. The Morgan fingerprint density at radius 3 is 1.88 bits per heavy atom. The van der Waals surface area contributed by atoms with Gasteiger partial charge in [-0.05, 0) is 12.3 Å². The molecule has 0 aliphatic heterocycles. The predicted molar refractivity (Wildman–Crippen MR) is 35.8 cm³/mol. The van der Waals surface area contributed by atoms with Crippen molar-refractivity contribution in [3.63, 3.8) is 0 Å². The molecule has 0 bridgehead atoms. The summed E-state index contributed by atoms with van der Waals surface area (Å²) in [5, 5.41) is 9.13. The van der Waals surface area contributed by atoms with E-state index in [1.807, 2.05) is 6.92 Å². The molecule has 0 amide bonds. The molecule has 0 fully saturated rings. The molecule has 0 saturated heterocycles. The lowest BCUT2D eigenvalue weighted by molar-refractivity contribution is 0.111. The van der Waals surface area contributed by atoms with Gasteiger partial charge in [-0.15, -0.1) is 0 Å². The van der Waals surface area contributed by atoms with E-state index < -0.39 is 0 Å². The molecule has 1 heteroatoms. The van der Waals surface area contributed by atoms with Crippen molar-refractivity contribution in [3.05, 3.63) is 0 Å². The number of hydrogen-bond donors (Lipinski definition) is 1. The van der Waals surface area contributed by atoms with Crippen molar-refractivity contribution in [2.75, 3.05) is 0 Å². The number of hydrogen-bond acceptors (Lipinski definition) is 1. The summed E-state index contributed by atoms with van der Waals surface area (Å²) in [7, 11) is 0. The molecule has 0 aromatic carbocycles. The SMILES string of the molecule is CC[C@@H](O)[C@@H](C)CC. The zero-order valence-corrected chi connectivity index (χ0v) is 6.02. The molecule has 0 spiro atoms. The zero-order chi connectivity index (χ0) is 6.57. The highest BCUT2D eigenvalue weighted by molar-refractivity contribution is 4.59. The van der Waals surface area contributed by atoms with Crippen molar-refractivity contribution in [2.45, 2.75) is 39.7 Å². The van der Waals surface area contributed by atoms with E-state index in [1.54, 1.807) is 0 Å². The minimum absolute atomic E-state index is 0.0833. The van der Waals surface area contributed by atoms with Gasteiger partial charge in [0, 0.05) is 0 Å². The van der Waals surface area contributed by atoms with Crippen LogP contribution in [0.1, 0.15) is 33.6 Å². The summed E-state index contributed by atoms with van der Waals surface area (Å²) in [6, 6.07) is 0. The van der Waals surface area contributed by atoms with Crippen LogP contribution in [0.15, 0.2) is 0 Å². The molecular weight excluding hydrogens is 100 g/mol. The van der Waals surface area contributed by atoms with Crippen molar-refractivity contribution in [2.24, 2.45) is 5.92 Å². The van der Waals surface area contributed by atoms with Gasteiger partial charge in [0.15, 0.2) is 0 Å². The van der Waals surface area contributed by atoms with Gasteiger partial charge in [0.05, 0.1) is 6.10 Å². The van der Waals surface area contributed by atoms with Crippen LogP contribution in [-0.4, -0.2) is 11.2 Å². The average Bonchev–Trinajstić information content (AvgIpc) is 1.84. The molecule has 0 aromatic rings. The fourth-order valence-electron chi connectivity index (χ4n) is 0.674. The van der Waals surface area contributed by atoms with Crippen LogP contribution in [0.3, 0.4) is 0 Å². The van der Waals surface area contributed by atoms with Crippen molar-refractivity contribution in [3.8, 4) is 0 Å². The van der Waals surface area contributed by atoms with Crippen molar-refractivity contribution < 1.29 is 5.11 Å². The fourth-order valence-corrected chi connectivity index (χ4v) is 0.674. The first kappa shape index (κ1) is 7.96. The first-order valence-corrected chi connectivity index (χ1v) is 3.40. The average molecular weight is 116 g/mol. The Kier molecular flexibility index (Phi) is 3.88. The molecular formula is C7H16O. The Morgan fingerprint density at radius 2 is 1.75 bits per heavy atom. The largest absolute Gasteiger partial charge is 0.393 e. The monoisotopic (exact) mass is 116 g/mol. The lowest BCUT2D eigenvalue weighted by atomic mass is 10.0. The van der Waals surface area contributed by atoms with Crippen LogP contribution in [-0.2, 0) is 0 Å². The molecule has 2 atom stereocenters. The minimum Gasteiger partial charge on any atom is -0.393 e. The van der Waals surface area contributed by atoms with E-state index in [0.717, 1.165) is 12.8 Å². The summed E-state index contributed by atoms with van der Waals surface area (Å²) < 4.78 is 0. The highest BCUT2D eigenvalue weighted by Gasteiger charge is 2.07. The molecule has 0 heterocycles. The summed E-state index contributed by atoms with van der Waals surface area (Å²) in [5.41, 5.74) is 0. The highest BCUT2D eigenvalue weighted by Crippen LogP contribution is 2.09. The number of aliphatic hydroxyl groups is 1. The smallest absolute Gasteiger partial charge is 0.0563 e. The van der Waals surface area contributed by atoms with E-state index in [1.165, 1.54) is 0 Å². The lowest BCUT2D eigenvalue weighted by Gasteiger charge is -2.13. The Hall–Kier alpha value is -0.0400. The van der Waals surface area contributed by atoms with Gasteiger partial charge in [0.1, 0.15) is 0 Å². The fraction of sp³-hybridized carbons (Fsp3) is 1.00. The molecule has 50 valence electrons. The molecule has 0 aliphatic rings. The minimum atomic E-state index is -0.0833. The van der Waals surface area contributed by atoms with Crippen LogP contribution < -0.4 is 0 Å². The van der Waals surface area contributed by atoms with Crippen LogP contribution in [0.25, 0.3) is 0 Å². The molecule has 1 nitrogen and oxygen atoms in total. The summed E-state index contributed by atoms with van der Waals surface area (Å²) in [5.74, 6) is 0.472. The molecule has 0 aliphatic carbocycles. The third-order valence-electron chi connectivity index (χ3n) is 1.72. The third kappa shape index (κ3) is 2.31. The Balaban J connectivity index is 3.29. The Morgan fingerprint density at radius 1 is 1.25 bits per heavy atom. The van der Waals surface area contributed by atoms with Gasteiger partial charge in [-0.25, -0.2) is 0 Å². The van der Waals surface area contributed by atoms with Crippen molar-refractivity contribution in [1.29, 1.82) is 0 Å². The van der Waals surface area contributed by atoms with Gasteiger partial charge >= 0.3 is 0 Å². The van der Waals surface area contributed by atoms with Crippen LogP contribution in [0.5, 0.6) is 0 Å². The van der Waals surface area contributed by atoms with Crippen molar-refractivity contribution >= 4 is 0 Å². The summed E-state index contributed by atoms with van der Waals surface area (Å²) >= 11 is 0. The van der Waals surface area contributed by atoms with Gasteiger partial charge in [0.2, 0.25) is 0 Å². The maximum atomic E-state index is 9.13. The maximum absolute atomic E-state index is 9.13. The van der Waals surface area contributed by atoms with E-state index in [9.17, 15) is 0 Å². The maximum Gasteiger partial charge on any atom is 0.0563 e. The molecule has 0 rings (SSSR count). The predicted octanol–water partition coefficient (Wildman–Crippen LogP) is 1.80. The Bertz CT molecular complexity index is 44.3. The normalized spacial score (nSPS) is 18.0. The first-order chi connectivity index (χ1) is 3.72. The van der Waals surface area contributed by atoms with Crippen molar-refractivity contribution in [1.82, 2.24) is 0 Å². The van der Waals surface area contributed by atoms with Crippen LogP contribution >= 0.6 is 0 Å².